The number of carbonyl (C=O) groups excluding carboxylic acids is 2. The first-order chi connectivity index (χ1) is 9.67. The van der Waals surface area contributed by atoms with E-state index in [1.54, 1.807) is 9.80 Å². The van der Waals surface area contributed by atoms with Gasteiger partial charge in [-0.05, 0) is 41.8 Å². The Balaban J connectivity index is 2.30. The second kappa shape index (κ2) is 7.29. The van der Waals surface area contributed by atoms with Crippen LogP contribution < -0.4 is 0 Å². The molecule has 2 fully saturated rings. The number of carbonyl (C=O) groups is 2. The summed E-state index contributed by atoms with van der Waals surface area (Å²) in [6, 6.07) is 0. The molecule has 2 amide bonds. The highest BCUT2D eigenvalue weighted by atomic mass is 33.2. The van der Waals surface area contributed by atoms with Crippen LogP contribution in [0.3, 0.4) is 0 Å². The fourth-order valence-electron chi connectivity index (χ4n) is 2.57. The summed E-state index contributed by atoms with van der Waals surface area (Å²) in [5.41, 5.74) is 0. The third-order valence-corrected chi connectivity index (χ3v) is 10.8. The van der Waals surface area contributed by atoms with Crippen molar-refractivity contribution in [1.29, 1.82) is 0 Å². The van der Waals surface area contributed by atoms with E-state index in [9.17, 15) is 9.59 Å². The maximum absolute atomic E-state index is 12.6. The number of amides is 2. The highest BCUT2D eigenvalue weighted by Gasteiger charge is 2.58. The van der Waals surface area contributed by atoms with Gasteiger partial charge >= 0.3 is 0 Å². The van der Waals surface area contributed by atoms with Gasteiger partial charge in [0.15, 0.2) is 10.7 Å². The summed E-state index contributed by atoms with van der Waals surface area (Å²) in [7, 11) is 2.49. The summed E-state index contributed by atoms with van der Waals surface area (Å²) in [5.74, 6) is 0.276. The van der Waals surface area contributed by atoms with Crippen LogP contribution in [0.4, 0.5) is 0 Å². The molecular formula is C12H20N2O2S4. The number of piperazine rings is 1. The molecule has 0 aromatic heterocycles. The Morgan fingerprint density at radius 3 is 1.85 bits per heavy atom. The molecule has 2 aliphatic rings. The Bertz CT molecular complexity index is 478. The second-order valence-corrected chi connectivity index (χ2v) is 11.2. The minimum Gasteiger partial charge on any atom is -0.319 e. The van der Waals surface area contributed by atoms with Gasteiger partial charge in [0.25, 0.3) is 11.8 Å². The lowest BCUT2D eigenvalue weighted by Gasteiger charge is -2.31. The summed E-state index contributed by atoms with van der Waals surface area (Å²) in [5, 5.41) is -0.507. The lowest BCUT2D eigenvalue weighted by atomic mass is 10.2. The van der Waals surface area contributed by atoms with Crippen LogP contribution in [0.1, 0.15) is 39.5 Å². The monoisotopic (exact) mass is 352 g/mol. The van der Waals surface area contributed by atoms with E-state index in [-0.39, 0.29) is 32.0 Å². The quantitative estimate of drug-likeness (QED) is 0.716. The maximum Gasteiger partial charge on any atom is 0.257 e. The van der Waals surface area contributed by atoms with Gasteiger partial charge in [-0.2, -0.15) is 0 Å². The number of unbranched alkanes of at least 4 members (excludes halogenated alkanes) is 2. The Morgan fingerprint density at radius 1 is 1.05 bits per heavy atom. The molecule has 20 heavy (non-hydrogen) atoms. The van der Waals surface area contributed by atoms with Crippen LogP contribution in [0.25, 0.3) is 0 Å². The molecule has 0 aromatic carbocycles. The minimum atomic E-state index is -0.305. The number of hydrogen-bond donors (Lipinski definition) is 0. The topological polar surface area (TPSA) is 40.6 Å². The van der Waals surface area contributed by atoms with E-state index in [1.165, 1.54) is 17.8 Å². The van der Waals surface area contributed by atoms with Crippen LogP contribution in [-0.2, 0) is 48.0 Å². The predicted octanol–water partition coefficient (Wildman–Crippen LogP) is 0.999. The van der Waals surface area contributed by atoms with E-state index in [0.29, 0.717) is 13.1 Å². The zero-order valence-electron chi connectivity index (χ0n) is 11.7. The highest BCUT2D eigenvalue weighted by Crippen LogP contribution is 2.34. The minimum absolute atomic E-state index is 0.138. The molecule has 2 rings (SSSR count). The molecule has 0 aromatic rings. The molecule has 0 saturated carbocycles. The van der Waals surface area contributed by atoms with Gasteiger partial charge in [0, 0.05) is 13.1 Å². The molecule has 0 radical (unpaired) electrons. The van der Waals surface area contributed by atoms with Crippen molar-refractivity contribution >= 4 is 50.2 Å². The maximum atomic E-state index is 12.6. The summed E-state index contributed by atoms with van der Waals surface area (Å²) in [4.78, 5) is 28.7. The van der Waals surface area contributed by atoms with Crippen molar-refractivity contribution < 1.29 is 9.59 Å². The molecule has 0 aliphatic carbocycles. The molecule has 8 heteroatoms. The van der Waals surface area contributed by atoms with Crippen molar-refractivity contribution in [3.05, 3.63) is 0 Å². The SMILES string of the molecule is CCCCN1C(=O)C2N(CCCC)C(=O)C1S2=S=S=S. The van der Waals surface area contributed by atoms with E-state index < -0.39 is 0 Å². The molecule has 0 spiro atoms. The van der Waals surface area contributed by atoms with Crippen molar-refractivity contribution in [3.8, 4) is 0 Å². The van der Waals surface area contributed by atoms with Gasteiger partial charge in [-0.1, -0.05) is 36.1 Å². The summed E-state index contributed by atoms with van der Waals surface area (Å²) in [6.07, 6.45) is 3.98. The lowest BCUT2D eigenvalue weighted by Crippen LogP contribution is -2.54. The van der Waals surface area contributed by atoms with E-state index in [2.05, 4.69) is 13.8 Å². The zero-order chi connectivity index (χ0) is 14.7. The van der Waals surface area contributed by atoms with Gasteiger partial charge in [-0.15, -0.1) is 0 Å². The third kappa shape index (κ3) is 2.80. The Hall–Kier alpha value is -0.0500. The zero-order valence-corrected chi connectivity index (χ0v) is 15.0. The standard InChI is InChI=1S/C12H20N2O2S4/c1-3-5-7-13-9(15)12-14(8-6-4-2)10(16)11(13)20(12)19-18-17/h11-12H,3-8H2,1-2H3. The molecule has 114 valence electrons. The van der Waals surface area contributed by atoms with Gasteiger partial charge in [0.05, 0.1) is 0 Å². The fraction of sp³-hybridized carbons (Fsp3) is 0.833. The van der Waals surface area contributed by atoms with Crippen molar-refractivity contribution in [2.75, 3.05) is 13.1 Å². The van der Waals surface area contributed by atoms with Crippen molar-refractivity contribution in [3.63, 3.8) is 0 Å². The van der Waals surface area contributed by atoms with E-state index in [0.717, 1.165) is 25.7 Å². The molecule has 2 bridgehead atoms. The van der Waals surface area contributed by atoms with Crippen molar-refractivity contribution in [2.45, 2.75) is 50.3 Å². The smallest absolute Gasteiger partial charge is 0.257 e. The Kier molecular flexibility index (Phi) is 5.95. The van der Waals surface area contributed by atoms with Crippen LogP contribution in [0.15, 0.2) is 0 Å². The van der Waals surface area contributed by atoms with Crippen LogP contribution >= 0.6 is 0 Å². The average Bonchev–Trinajstić information content (AvgIpc) is 2.84. The van der Waals surface area contributed by atoms with Gasteiger partial charge in [-0.25, -0.2) is 0 Å². The molecule has 2 heterocycles. The molecule has 2 saturated heterocycles. The van der Waals surface area contributed by atoms with E-state index in [4.69, 9.17) is 11.2 Å². The first-order valence-electron chi connectivity index (χ1n) is 6.97. The molecule has 4 nitrogen and oxygen atoms in total. The third-order valence-electron chi connectivity index (χ3n) is 3.61. The van der Waals surface area contributed by atoms with Crippen molar-refractivity contribution in [2.24, 2.45) is 0 Å². The van der Waals surface area contributed by atoms with E-state index >= 15 is 0 Å². The predicted molar refractivity (Wildman–Crippen MR) is 90.3 cm³/mol. The number of hydrogen-bond acceptors (Lipinski definition) is 3. The van der Waals surface area contributed by atoms with Crippen LogP contribution in [0.2, 0.25) is 0 Å². The lowest BCUT2D eigenvalue weighted by molar-refractivity contribution is -0.150. The summed E-state index contributed by atoms with van der Waals surface area (Å²) in [6.45, 7) is 5.61. The van der Waals surface area contributed by atoms with Gasteiger partial charge in [-0.3, -0.25) is 9.59 Å². The average molecular weight is 353 g/mol. The van der Waals surface area contributed by atoms with E-state index in [1.807, 2.05) is 0 Å². The first kappa shape index (κ1) is 16.3. The molecule has 0 N–H and O–H groups in total. The largest absolute Gasteiger partial charge is 0.319 e. The summed E-state index contributed by atoms with van der Waals surface area (Å²) >= 11 is 4.98. The molecular weight excluding hydrogens is 332 g/mol. The fourth-order valence-corrected chi connectivity index (χ4v) is 10.0. The van der Waals surface area contributed by atoms with Crippen LogP contribution in [0, 0.1) is 0 Å². The van der Waals surface area contributed by atoms with Gasteiger partial charge in [0.2, 0.25) is 0 Å². The number of fused-ring (bicyclic) bond motifs is 2. The van der Waals surface area contributed by atoms with Crippen molar-refractivity contribution in [1.82, 2.24) is 9.80 Å². The van der Waals surface area contributed by atoms with Crippen LogP contribution in [0.5, 0.6) is 0 Å². The number of rotatable bonds is 6. The van der Waals surface area contributed by atoms with Gasteiger partial charge in [0.1, 0.15) is 0 Å². The Labute approximate surface area is 132 Å². The summed E-state index contributed by atoms with van der Waals surface area (Å²) < 4.78 is 0. The Morgan fingerprint density at radius 2 is 1.50 bits per heavy atom. The van der Waals surface area contributed by atoms with Gasteiger partial charge < -0.3 is 9.80 Å². The first-order valence-corrected chi connectivity index (χ1v) is 11.9. The second-order valence-electron chi connectivity index (χ2n) is 4.94. The molecule has 2 atom stereocenters. The molecule has 2 unspecified atom stereocenters. The molecule has 2 aliphatic heterocycles. The highest BCUT2D eigenvalue weighted by molar-refractivity contribution is 8.58. The normalized spacial score (nSPS) is 28.4. The number of nitrogens with zero attached hydrogens (tertiary/aromatic N) is 2. The van der Waals surface area contributed by atoms with Crippen LogP contribution in [-0.4, -0.2) is 45.5 Å².